The summed E-state index contributed by atoms with van der Waals surface area (Å²) >= 11 is 11.4. The summed E-state index contributed by atoms with van der Waals surface area (Å²) in [6.45, 7) is 7.54. The summed E-state index contributed by atoms with van der Waals surface area (Å²) in [5.41, 5.74) is 1.15. The molecule has 1 rings (SSSR count). The smallest absolute Gasteiger partial charge is 0.268 e. The van der Waals surface area contributed by atoms with Crippen LogP contribution in [-0.4, -0.2) is 20.5 Å². The second kappa shape index (κ2) is 5.25. The summed E-state index contributed by atoms with van der Waals surface area (Å²) in [7, 11) is 0. The molecule has 0 aromatic heterocycles. The molecule has 0 aliphatic rings. The summed E-state index contributed by atoms with van der Waals surface area (Å²) in [5.74, 6) is -0.234. The topological polar surface area (TPSA) is 23.6 Å². The highest BCUT2D eigenvalue weighted by atomic mass is 35.5. The Morgan fingerprint density at radius 1 is 1.12 bits per heavy atom. The number of amides is 1. The average Bonchev–Trinajstić information content (AvgIpc) is 2.15. The molecule has 0 aliphatic carbocycles. The second-order valence-corrected chi connectivity index (χ2v) is 5.68. The van der Waals surface area contributed by atoms with Gasteiger partial charge in [0.05, 0.1) is 5.54 Å². The quantitative estimate of drug-likeness (QED) is 0.606. The van der Waals surface area contributed by atoms with Gasteiger partial charge < -0.3 is 0 Å². The van der Waals surface area contributed by atoms with Crippen LogP contribution >= 0.6 is 23.6 Å². The molecule has 1 aromatic rings. The molecule has 0 radical (unpaired) electrons. The molecule has 1 aromatic carbocycles. The molecule has 0 heterocycles. The zero-order chi connectivity index (χ0) is 13.2. The first kappa shape index (κ1) is 14.3. The number of carbonyl (C=O) groups is 1. The normalized spacial score (nSPS) is 11.7. The van der Waals surface area contributed by atoms with Crippen molar-refractivity contribution in [3.8, 4) is 0 Å². The Morgan fingerprint density at radius 2 is 1.59 bits per heavy atom. The first-order valence-corrected chi connectivity index (χ1v) is 5.94. The minimum Gasteiger partial charge on any atom is -0.268 e. The number of nitrogens with zero attached hydrogens (tertiary/aromatic N) is 2. The van der Waals surface area contributed by atoms with Crippen LogP contribution in [0.5, 0.6) is 0 Å². The Morgan fingerprint density at radius 3 is 1.94 bits per heavy atom. The molecule has 0 saturated heterocycles. The van der Waals surface area contributed by atoms with Crippen molar-refractivity contribution >= 4 is 29.5 Å². The molecule has 0 spiro atoms. The number of halogens is 2. The number of benzene rings is 1. The van der Waals surface area contributed by atoms with Gasteiger partial charge in [0, 0.05) is 29.1 Å². The number of rotatable bonds is 2. The molecule has 0 saturated carbocycles. The van der Waals surface area contributed by atoms with Gasteiger partial charge in [0.2, 0.25) is 0 Å². The first-order valence-electron chi connectivity index (χ1n) is 5.26. The molecule has 94 valence electrons. The van der Waals surface area contributed by atoms with Crippen molar-refractivity contribution in [1.29, 1.82) is 0 Å². The number of hydrazine groups is 1. The van der Waals surface area contributed by atoms with E-state index in [0.29, 0.717) is 5.56 Å². The third-order valence-corrected chi connectivity index (χ3v) is 2.58. The van der Waals surface area contributed by atoms with E-state index < -0.39 is 5.54 Å². The Kier molecular flexibility index (Phi) is 4.42. The van der Waals surface area contributed by atoms with E-state index in [9.17, 15) is 4.79 Å². The largest absolute Gasteiger partial charge is 0.270 e. The molecular formula is C12H16Cl2N2O. The summed E-state index contributed by atoms with van der Waals surface area (Å²) < 4.78 is 0.780. The van der Waals surface area contributed by atoms with E-state index >= 15 is 0 Å². The van der Waals surface area contributed by atoms with Gasteiger partial charge in [-0.3, -0.25) is 4.79 Å². The van der Waals surface area contributed by atoms with Crippen molar-refractivity contribution in [1.82, 2.24) is 9.06 Å². The number of hydrogen-bond donors (Lipinski definition) is 0. The lowest BCUT2D eigenvalue weighted by atomic mass is 10.1. The predicted octanol–water partition coefficient (Wildman–Crippen LogP) is 3.76. The zero-order valence-corrected chi connectivity index (χ0v) is 11.9. The van der Waals surface area contributed by atoms with Gasteiger partial charge in [-0.15, -0.1) is 0 Å². The highest BCUT2D eigenvalue weighted by Gasteiger charge is 2.31. The van der Waals surface area contributed by atoms with Crippen molar-refractivity contribution in [2.24, 2.45) is 0 Å². The van der Waals surface area contributed by atoms with Gasteiger partial charge in [0.15, 0.2) is 0 Å². The maximum Gasteiger partial charge on any atom is 0.270 e. The van der Waals surface area contributed by atoms with Crippen molar-refractivity contribution in [2.45, 2.75) is 33.2 Å². The fraction of sp³-hybridized carbons (Fsp3) is 0.417. The van der Waals surface area contributed by atoms with Gasteiger partial charge in [0.1, 0.15) is 0 Å². The number of carbonyl (C=O) groups excluding carboxylic acids is 1. The minimum absolute atomic E-state index is 0.234. The molecule has 0 N–H and O–H groups in total. The molecule has 0 unspecified atom stereocenters. The summed E-state index contributed by atoms with van der Waals surface area (Å²) in [5, 5.41) is 1.29. The molecule has 0 atom stereocenters. The summed E-state index contributed by atoms with van der Waals surface area (Å²) in [6.07, 6.45) is 0. The Hall–Kier alpha value is -0.770. The Bertz CT molecular complexity index is 396. The van der Waals surface area contributed by atoms with E-state index in [1.807, 2.05) is 39.8 Å². The van der Waals surface area contributed by atoms with Crippen LogP contribution in [0.2, 0.25) is 0 Å². The van der Waals surface area contributed by atoms with Crippen molar-refractivity contribution in [3.63, 3.8) is 0 Å². The monoisotopic (exact) mass is 274 g/mol. The van der Waals surface area contributed by atoms with E-state index in [1.54, 1.807) is 12.1 Å². The van der Waals surface area contributed by atoms with Gasteiger partial charge in [-0.25, -0.2) is 5.01 Å². The van der Waals surface area contributed by atoms with Crippen LogP contribution in [0, 0.1) is 6.92 Å². The lowest BCUT2D eigenvalue weighted by molar-refractivity contribution is 0.0244. The fourth-order valence-electron chi connectivity index (χ4n) is 1.42. The minimum atomic E-state index is -0.495. The predicted molar refractivity (Wildman–Crippen MR) is 70.6 cm³/mol. The summed E-state index contributed by atoms with van der Waals surface area (Å²) in [6, 6.07) is 7.27. The third kappa shape index (κ3) is 3.60. The van der Waals surface area contributed by atoms with Crippen LogP contribution in [0.1, 0.15) is 36.7 Å². The Labute approximate surface area is 112 Å². The molecule has 17 heavy (non-hydrogen) atoms. The maximum atomic E-state index is 12.3. The van der Waals surface area contributed by atoms with Crippen molar-refractivity contribution in [2.75, 3.05) is 0 Å². The second-order valence-electron chi connectivity index (χ2n) is 4.87. The van der Waals surface area contributed by atoms with E-state index in [2.05, 4.69) is 0 Å². The molecule has 3 nitrogen and oxygen atoms in total. The van der Waals surface area contributed by atoms with E-state index in [0.717, 1.165) is 9.61 Å². The van der Waals surface area contributed by atoms with Gasteiger partial charge in [-0.2, -0.15) is 0 Å². The van der Waals surface area contributed by atoms with Gasteiger partial charge >= 0.3 is 0 Å². The number of aryl methyl sites for hydroxylation is 1. The van der Waals surface area contributed by atoms with Gasteiger partial charge in [0.25, 0.3) is 5.91 Å². The highest BCUT2D eigenvalue weighted by molar-refractivity contribution is 6.34. The maximum absolute atomic E-state index is 12.3. The van der Waals surface area contributed by atoms with Gasteiger partial charge in [-0.05, 0) is 43.9 Å². The van der Waals surface area contributed by atoms with Gasteiger partial charge in [-0.1, -0.05) is 17.7 Å². The fourth-order valence-corrected chi connectivity index (χ4v) is 2.01. The molecule has 1 amide bonds. The zero-order valence-electron chi connectivity index (χ0n) is 10.4. The van der Waals surface area contributed by atoms with Crippen molar-refractivity contribution in [3.05, 3.63) is 35.4 Å². The van der Waals surface area contributed by atoms with Crippen LogP contribution < -0.4 is 0 Å². The van der Waals surface area contributed by atoms with Crippen molar-refractivity contribution < 1.29 is 4.79 Å². The molecule has 0 fully saturated rings. The Balaban J connectivity index is 3.05. The lowest BCUT2D eigenvalue weighted by Gasteiger charge is -2.36. The SMILES string of the molecule is Cc1ccc(C(=O)N(N(Cl)Cl)C(C)(C)C)cc1. The van der Waals surface area contributed by atoms with Crippen LogP contribution in [0.4, 0.5) is 0 Å². The third-order valence-electron chi connectivity index (χ3n) is 2.28. The standard InChI is InChI=1S/C12H16Cl2N2O/c1-9-5-7-10(8-6-9)11(17)15(16(13)14)12(2,3)4/h5-8H,1-4H3. The van der Waals surface area contributed by atoms with Crippen LogP contribution in [-0.2, 0) is 0 Å². The highest BCUT2D eigenvalue weighted by Crippen LogP contribution is 2.23. The molecule has 5 heteroatoms. The molecule has 0 bridgehead atoms. The van der Waals surface area contributed by atoms with E-state index in [-0.39, 0.29) is 5.91 Å². The van der Waals surface area contributed by atoms with Crippen LogP contribution in [0.3, 0.4) is 0 Å². The van der Waals surface area contributed by atoms with Crippen LogP contribution in [0.15, 0.2) is 24.3 Å². The first-order chi connectivity index (χ1) is 7.73. The average molecular weight is 275 g/mol. The molecular weight excluding hydrogens is 259 g/mol. The van der Waals surface area contributed by atoms with Crippen LogP contribution in [0.25, 0.3) is 0 Å². The number of hydrogen-bond acceptors (Lipinski definition) is 2. The molecule has 0 aliphatic heterocycles. The van der Waals surface area contributed by atoms with E-state index in [1.165, 1.54) is 5.01 Å². The van der Waals surface area contributed by atoms with E-state index in [4.69, 9.17) is 23.6 Å². The summed E-state index contributed by atoms with van der Waals surface area (Å²) in [4.78, 5) is 12.3. The lowest BCUT2D eigenvalue weighted by Crippen LogP contribution is -2.49.